The SMILES string of the molecule is COc1ccc(N2C=CC=NC2)cc1C(C)(C)CC(O)(Cn1ccc(=O)c2sccc21)C(F)(F)F. The zero-order valence-corrected chi connectivity index (χ0v) is 20.4. The van der Waals surface area contributed by atoms with Gasteiger partial charge in [0.2, 0.25) is 0 Å². The summed E-state index contributed by atoms with van der Waals surface area (Å²) >= 11 is 1.16. The van der Waals surface area contributed by atoms with E-state index in [0.717, 1.165) is 17.0 Å². The average molecular weight is 506 g/mol. The second-order valence-electron chi connectivity index (χ2n) is 9.20. The molecule has 3 heterocycles. The van der Waals surface area contributed by atoms with Gasteiger partial charge < -0.3 is 19.3 Å². The van der Waals surface area contributed by atoms with Gasteiger partial charge in [-0.3, -0.25) is 9.79 Å². The molecule has 1 unspecified atom stereocenters. The normalized spacial score (nSPS) is 16.0. The first-order chi connectivity index (χ1) is 16.4. The van der Waals surface area contributed by atoms with Crippen molar-refractivity contribution in [3.63, 3.8) is 0 Å². The van der Waals surface area contributed by atoms with E-state index in [1.165, 1.54) is 23.9 Å². The zero-order chi connectivity index (χ0) is 25.4. The van der Waals surface area contributed by atoms with Crippen molar-refractivity contribution in [2.75, 3.05) is 18.7 Å². The first kappa shape index (κ1) is 25.0. The fourth-order valence-electron chi connectivity index (χ4n) is 4.48. The minimum absolute atomic E-state index is 0.264. The number of hydrogen-bond donors (Lipinski definition) is 1. The largest absolute Gasteiger partial charge is 0.496 e. The number of ether oxygens (including phenoxy) is 1. The third-order valence-corrected chi connectivity index (χ3v) is 7.13. The van der Waals surface area contributed by atoms with Gasteiger partial charge in [0, 0.05) is 35.9 Å². The molecule has 1 aliphatic heterocycles. The van der Waals surface area contributed by atoms with Gasteiger partial charge in [-0.2, -0.15) is 13.2 Å². The van der Waals surface area contributed by atoms with Gasteiger partial charge in [0.1, 0.15) is 12.4 Å². The van der Waals surface area contributed by atoms with Gasteiger partial charge in [0.05, 0.1) is 23.9 Å². The fourth-order valence-corrected chi connectivity index (χ4v) is 5.30. The molecule has 0 bridgehead atoms. The van der Waals surface area contributed by atoms with Crippen LogP contribution in [0.4, 0.5) is 18.9 Å². The number of aliphatic imine (C=N–C) groups is 1. The van der Waals surface area contributed by atoms with Gasteiger partial charge in [-0.15, -0.1) is 11.3 Å². The van der Waals surface area contributed by atoms with Crippen LogP contribution in [0.2, 0.25) is 0 Å². The van der Waals surface area contributed by atoms with Crippen LogP contribution in [0.25, 0.3) is 10.2 Å². The average Bonchev–Trinajstić information content (AvgIpc) is 3.31. The lowest BCUT2D eigenvalue weighted by molar-refractivity contribution is -0.271. The number of halogens is 3. The number of rotatable bonds is 7. The van der Waals surface area contributed by atoms with Crippen LogP contribution in [0.1, 0.15) is 25.8 Å². The molecule has 2 aromatic heterocycles. The predicted octanol–water partition coefficient (Wildman–Crippen LogP) is 5.09. The molecule has 1 atom stereocenters. The van der Waals surface area contributed by atoms with Crippen molar-refractivity contribution >= 4 is 33.5 Å². The van der Waals surface area contributed by atoms with E-state index in [1.807, 2.05) is 17.2 Å². The number of aromatic nitrogens is 1. The number of thiophene rings is 1. The topological polar surface area (TPSA) is 67.1 Å². The number of methoxy groups -OCH3 is 1. The smallest absolute Gasteiger partial charge is 0.418 e. The Bertz CT molecular complexity index is 1340. The van der Waals surface area contributed by atoms with Crippen molar-refractivity contribution < 1.29 is 23.0 Å². The number of aliphatic hydroxyl groups is 1. The van der Waals surface area contributed by atoms with E-state index >= 15 is 0 Å². The molecule has 4 rings (SSSR count). The van der Waals surface area contributed by atoms with Crippen molar-refractivity contribution in [2.45, 2.75) is 44.0 Å². The lowest BCUT2D eigenvalue weighted by Gasteiger charge is -2.39. The molecular formula is C25H26F3N3O3S. The van der Waals surface area contributed by atoms with Gasteiger partial charge in [-0.1, -0.05) is 13.8 Å². The number of benzene rings is 1. The van der Waals surface area contributed by atoms with Crippen LogP contribution in [-0.2, 0) is 12.0 Å². The molecule has 1 aliphatic rings. The van der Waals surface area contributed by atoms with Gasteiger partial charge in [0.25, 0.3) is 0 Å². The van der Waals surface area contributed by atoms with Crippen LogP contribution in [0.3, 0.4) is 0 Å². The highest BCUT2D eigenvalue weighted by molar-refractivity contribution is 7.17. The van der Waals surface area contributed by atoms with E-state index in [1.54, 1.807) is 49.7 Å². The number of allylic oxidation sites excluding steroid dienone is 1. The molecule has 1 N–H and O–H groups in total. The molecule has 1 aromatic carbocycles. The number of hydrogen-bond acceptors (Lipinski definition) is 6. The molecule has 6 nitrogen and oxygen atoms in total. The van der Waals surface area contributed by atoms with Gasteiger partial charge in [-0.25, -0.2) is 0 Å². The Balaban J connectivity index is 1.73. The van der Waals surface area contributed by atoms with Gasteiger partial charge in [0.15, 0.2) is 11.0 Å². The molecule has 0 radical (unpaired) electrons. The van der Waals surface area contributed by atoms with Crippen LogP contribution >= 0.6 is 11.3 Å². The zero-order valence-electron chi connectivity index (χ0n) is 19.5. The third-order valence-electron chi connectivity index (χ3n) is 6.21. The molecule has 0 fully saturated rings. The highest BCUT2D eigenvalue weighted by Crippen LogP contribution is 2.45. The summed E-state index contributed by atoms with van der Waals surface area (Å²) in [5.41, 5.74) is -2.83. The molecule has 0 saturated carbocycles. The highest BCUT2D eigenvalue weighted by atomic mass is 32.1. The molecule has 0 spiro atoms. The Morgan fingerprint density at radius 1 is 1.20 bits per heavy atom. The third kappa shape index (κ3) is 4.85. The molecule has 3 aromatic rings. The Hall–Kier alpha value is -3.11. The van der Waals surface area contributed by atoms with Crippen LogP contribution in [0, 0.1) is 0 Å². The summed E-state index contributed by atoms with van der Waals surface area (Å²) in [6, 6.07) is 8.11. The Morgan fingerprint density at radius 3 is 2.63 bits per heavy atom. The van der Waals surface area contributed by atoms with Crippen LogP contribution < -0.4 is 15.1 Å². The van der Waals surface area contributed by atoms with E-state index in [4.69, 9.17) is 4.74 Å². The summed E-state index contributed by atoms with van der Waals surface area (Å²) < 4.78 is 50.3. The molecule has 35 heavy (non-hydrogen) atoms. The molecule has 0 aliphatic carbocycles. The van der Waals surface area contributed by atoms with Crippen LogP contribution in [0.5, 0.6) is 5.75 Å². The molecule has 10 heteroatoms. The van der Waals surface area contributed by atoms with E-state index in [2.05, 4.69) is 4.99 Å². The summed E-state index contributed by atoms with van der Waals surface area (Å²) in [5, 5.41) is 12.8. The molecule has 0 saturated heterocycles. The molecule has 186 valence electrons. The number of nitrogens with zero attached hydrogens (tertiary/aromatic N) is 3. The molecule has 0 amide bonds. The monoisotopic (exact) mass is 505 g/mol. The van der Waals surface area contributed by atoms with Gasteiger partial charge in [-0.05, 0) is 47.6 Å². The summed E-state index contributed by atoms with van der Waals surface area (Å²) in [6.07, 6.45) is 1.03. The fraction of sp³-hybridized carbons (Fsp3) is 0.360. The highest BCUT2D eigenvalue weighted by Gasteiger charge is 2.56. The quantitative estimate of drug-likeness (QED) is 0.486. The maximum atomic E-state index is 14.4. The first-order valence-corrected chi connectivity index (χ1v) is 11.8. The standard InChI is InChI=1S/C25H26F3N3O3S/c1-23(2,18-13-17(5-6-21(18)34-3)31-10-4-9-29-16-31)14-24(33,25(26,27)28)15-30-11-7-20(32)22-19(30)8-12-35-22/h4-13,33H,14-16H2,1-3H3. The van der Waals surface area contributed by atoms with Crippen molar-refractivity contribution in [1.82, 2.24) is 4.57 Å². The van der Waals surface area contributed by atoms with E-state index in [-0.39, 0.29) is 5.43 Å². The number of alkyl halides is 3. The lowest BCUT2D eigenvalue weighted by Crippen LogP contribution is -2.52. The maximum absolute atomic E-state index is 14.4. The van der Waals surface area contributed by atoms with Crippen molar-refractivity contribution in [3.8, 4) is 5.75 Å². The Kier molecular flexibility index (Phi) is 6.54. The van der Waals surface area contributed by atoms with Crippen LogP contribution in [-0.4, -0.2) is 41.4 Å². The number of pyridine rings is 1. The molecular weight excluding hydrogens is 479 g/mol. The minimum atomic E-state index is -4.93. The lowest BCUT2D eigenvalue weighted by atomic mass is 9.74. The maximum Gasteiger partial charge on any atom is 0.418 e. The second-order valence-corrected chi connectivity index (χ2v) is 10.1. The number of fused-ring (bicyclic) bond motifs is 1. The Labute approximate surface area is 204 Å². The second kappa shape index (κ2) is 9.16. The van der Waals surface area contributed by atoms with Crippen molar-refractivity contribution in [1.29, 1.82) is 0 Å². The van der Waals surface area contributed by atoms with E-state index in [0.29, 0.717) is 28.2 Å². The van der Waals surface area contributed by atoms with Crippen molar-refractivity contribution in [3.05, 3.63) is 70.0 Å². The van der Waals surface area contributed by atoms with Crippen LogP contribution in [0.15, 0.2) is 64.0 Å². The summed E-state index contributed by atoms with van der Waals surface area (Å²) in [5.74, 6) is 0.427. The minimum Gasteiger partial charge on any atom is -0.496 e. The summed E-state index contributed by atoms with van der Waals surface area (Å²) in [7, 11) is 1.46. The first-order valence-electron chi connectivity index (χ1n) is 10.9. The summed E-state index contributed by atoms with van der Waals surface area (Å²) in [4.78, 5) is 18.2. The summed E-state index contributed by atoms with van der Waals surface area (Å²) in [6.45, 7) is 2.94. The van der Waals surface area contributed by atoms with Gasteiger partial charge >= 0.3 is 6.18 Å². The van der Waals surface area contributed by atoms with E-state index in [9.17, 15) is 23.1 Å². The van der Waals surface area contributed by atoms with Crippen molar-refractivity contribution in [2.24, 2.45) is 4.99 Å². The van der Waals surface area contributed by atoms with E-state index < -0.39 is 30.2 Å². The Morgan fingerprint density at radius 2 is 1.97 bits per heavy atom. The predicted molar refractivity (Wildman–Crippen MR) is 133 cm³/mol. The number of anilines is 1.